The van der Waals surface area contributed by atoms with Gasteiger partial charge in [0.2, 0.25) is 5.89 Å². The van der Waals surface area contributed by atoms with Crippen molar-refractivity contribution < 1.29 is 40.7 Å². The molecule has 33 heavy (non-hydrogen) atoms. The summed E-state index contributed by atoms with van der Waals surface area (Å²) in [6.45, 7) is 0. The molecule has 0 bridgehead atoms. The average Bonchev–Trinajstić information content (AvgIpc) is 3.46. The van der Waals surface area contributed by atoms with Gasteiger partial charge in [0, 0.05) is 5.56 Å². The molecule has 0 radical (unpaired) electrons. The van der Waals surface area contributed by atoms with E-state index in [1.165, 1.54) is 25.5 Å². The summed E-state index contributed by atoms with van der Waals surface area (Å²) in [5.41, 5.74) is -0.306. The van der Waals surface area contributed by atoms with Crippen molar-refractivity contribution >= 4 is 11.6 Å². The molecule has 1 amide bonds. The highest BCUT2D eigenvalue weighted by atomic mass is 19.4. The Morgan fingerprint density at radius 3 is 2.55 bits per heavy atom. The van der Waals surface area contributed by atoms with E-state index in [9.17, 15) is 22.4 Å². The average molecular weight is 463 g/mol. The molecular formula is C21H13F4N3O5. The van der Waals surface area contributed by atoms with E-state index in [0.717, 1.165) is 24.3 Å². The molecule has 2 heterocycles. The topological polar surface area (TPSA) is 99.6 Å². The van der Waals surface area contributed by atoms with Crippen LogP contribution in [0.5, 0.6) is 11.5 Å². The van der Waals surface area contributed by atoms with E-state index in [2.05, 4.69) is 20.3 Å². The molecule has 4 aromatic rings. The first-order chi connectivity index (χ1) is 15.7. The number of rotatable bonds is 6. The maximum Gasteiger partial charge on any atom is 0.573 e. The van der Waals surface area contributed by atoms with Crippen LogP contribution in [-0.4, -0.2) is 29.6 Å². The quantitative estimate of drug-likeness (QED) is 0.388. The summed E-state index contributed by atoms with van der Waals surface area (Å²) in [5.74, 6) is -1.97. The fraction of sp³-hybridized carbons (Fsp3) is 0.0952. The number of ether oxygens (including phenoxy) is 2. The maximum absolute atomic E-state index is 14.4. The summed E-state index contributed by atoms with van der Waals surface area (Å²) >= 11 is 0. The Labute approximate surface area is 182 Å². The molecule has 4 rings (SSSR count). The fourth-order valence-electron chi connectivity index (χ4n) is 2.85. The third kappa shape index (κ3) is 4.95. The van der Waals surface area contributed by atoms with Crippen molar-refractivity contribution in [2.45, 2.75) is 6.36 Å². The number of carbonyl (C=O) groups is 1. The summed E-state index contributed by atoms with van der Waals surface area (Å²) in [6.07, 6.45) is -3.53. The van der Waals surface area contributed by atoms with Crippen LogP contribution in [0, 0.1) is 5.82 Å². The molecule has 0 aliphatic carbocycles. The van der Waals surface area contributed by atoms with E-state index >= 15 is 0 Å². The van der Waals surface area contributed by atoms with E-state index in [4.69, 9.17) is 13.6 Å². The number of benzene rings is 2. The zero-order valence-corrected chi connectivity index (χ0v) is 16.6. The summed E-state index contributed by atoms with van der Waals surface area (Å²) in [7, 11) is 1.23. The van der Waals surface area contributed by atoms with Gasteiger partial charge in [0.1, 0.15) is 17.3 Å². The van der Waals surface area contributed by atoms with Crippen LogP contribution in [0.15, 0.2) is 63.6 Å². The Balaban J connectivity index is 1.61. The molecule has 12 heteroatoms. The highest BCUT2D eigenvalue weighted by Gasteiger charge is 2.31. The van der Waals surface area contributed by atoms with Crippen molar-refractivity contribution in [2.24, 2.45) is 0 Å². The van der Waals surface area contributed by atoms with Crippen LogP contribution < -0.4 is 14.8 Å². The van der Waals surface area contributed by atoms with E-state index in [1.807, 2.05) is 0 Å². The van der Waals surface area contributed by atoms with E-state index in [1.54, 1.807) is 12.1 Å². The third-order valence-corrected chi connectivity index (χ3v) is 4.27. The number of aromatic nitrogens is 2. The van der Waals surface area contributed by atoms with Gasteiger partial charge in [-0.15, -0.1) is 23.4 Å². The Morgan fingerprint density at radius 1 is 1.06 bits per heavy atom. The van der Waals surface area contributed by atoms with Crippen molar-refractivity contribution in [1.82, 2.24) is 10.2 Å². The number of amides is 1. The molecule has 0 aliphatic heterocycles. The van der Waals surface area contributed by atoms with Crippen LogP contribution in [0.1, 0.15) is 10.4 Å². The zero-order chi connectivity index (χ0) is 23.6. The minimum Gasteiger partial charge on any atom is -0.496 e. The number of nitrogens with zero attached hydrogens (tertiary/aromatic N) is 2. The van der Waals surface area contributed by atoms with E-state index < -0.39 is 23.8 Å². The minimum absolute atomic E-state index is 0.0232. The monoisotopic (exact) mass is 463 g/mol. The van der Waals surface area contributed by atoms with Crippen molar-refractivity contribution in [3.63, 3.8) is 0 Å². The number of furan rings is 1. The van der Waals surface area contributed by atoms with Crippen molar-refractivity contribution in [2.75, 3.05) is 12.4 Å². The predicted octanol–water partition coefficient (Wildman–Crippen LogP) is 5.30. The molecule has 2 aromatic carbocycles. The maximum atomic E-state index is 14.4. The van der Waals surface area contributed by atoms with Gasteiger partial charge in [-0.25, -0.2) is 4.39 Å². The second-order valence-corrected chi connectivity index (χ2v) is 6.45. The molecule has 1 N–H and O–H groups in total. The van der Waals surface area contributed by atoms with Gasteiger partial charge in [-0.2, -0.15) is 0 Å². The Kier molecular flexibility index (Phi) is 5.73. The Hall–Kier alpha value is -4.35. The van der Waals surface area contributed by atoms with Gasteiger partial charge in [-0.1, -0.05) is 0 Å². The molecule has 0 saturated heterocycles. The molecule has 0 saturated carbocycles. The third-order valence-electron chi connectivity index (χ3n) is 4.27. The van der Waals surface area contributed by atoms with E-state index in [0.29, 0.717) is 5.76 Å². The van der Waals surface area contributed by atoms with Gasteiger partial charge in [-0.3, -0.25) is 4.79 Å². The van der Waals surface area contributed by atoms with Crippen molar-refractivity contribution in [3.8, 4) is 34.6 Å². The lowest BCUT2D eigenvalue weighted by Gasteiger charge is -2.13. The van der Waals surface area contributed by atoms with Crippen molar-refractivity contribution in [1.29, 1.82) is 0 Å². The molecule has 2 aromatic heterocycles. The smallest absolute Gasteiger partial charge is 0.496 e. The summed E-state index contributed by atoms with van der Waals surface area (Å²) in [6, 6.07) is 9.82. The second-order valence-electron chi connectivity index (χ2n) is 6.45. The van der Waals surface area contributed by atoms with Crippen LogP contribution in [0.4, 0.5) is 23.2 Å². The Bertz CT molecular complexity index is 1290. The first-order valence-corrected chi connectivity index (χ1v) is 9.16. The molecule has 0 atom stereocenters. The molecule has 0 fully saturated rings. The highest BCUT2D eigenvalue weighted by Crippen LogP contribution is 2.31. The van der Waals surface area contributed by atoms with Gasteiger partial charge in [0.05, 0.1) is 24.6 Å². The normalized spacial score (nSPS) is 11.3. The van der Waals surface area contributed by atoms with Crippen LogP contribution in [0.3, 0.4) is 0 Å². The van der Waals surface area contributed by atoms with Crippen LogP contribution >= 0.6 is 0 Å². The lowest BCUT2D eigenvalue weighted by molar-refractivity contribution is -0.274. The van der Waals surface area contributed by atoms with Gasteiger partial charge >= 0.3 is 6.36 Å². The van der Waals surface area contributed by atoms with Crippen LogP contribution in [0.2, 0.25) is 0 Å². The zero-order valence-electron chi connectivity index (χ0n) is 16.6. The number of hydrogen-bond donors (Lipinski definition) is 1. The molecule has 170 valence electrons. The summed E-state index contributed by atoms with van der Waals surface area (Å²) < 4.78 is 71.5. The van der Waals surface area contributed by atoms with Gasteiger partial charge < -0.3 is 23.6 Å². The SMILES string of the molecule is COc1ccc(OC(F)(F)F)cc1C(=O)Nc1cc(-c2nnc(-c3ccco3)o2)ccc1F. The lowest BCUT2D eigenvalue weighted by atomic mass is 10.1. The number of methoxy groups -OCH3 is 1. The fourth-order valence-corrected chi connectivity index (χ4v) is 2.85. The molecule has 0 unspecified atom stereocenters. The largest absolute Gasteiger partial charge is 0.573 e. The molecule has 0 aliphatic rings. The number of carbonyl (C=O) groups excluding carboxylic acids is 1. The number of nitrogens with one attached hydrogen (secondary N) is 1. The second kappa shape index (κ2) is 8.65. The number of hydrogen-bond acceptors (Lipinski definition) is 7. The first kappa shape index (κ1) is 21.9. The highest BCUT2D eigenvalue weighted by molar-refractivity contribution is 6.06. The number of alkyl halides is 3. The van der Waals surface area contributed by atoms with Crippen LogP contribution in [-0.2, 0) is 0 Å². The molecule has 8 nitrogen and oxygen atoms in total. The van der Waals surface area contributed by atoms with E-state index in [-0.39, 0.29) is 34.3 Å². The van der Waals surface area contributed by atoms with Crippen LogP contribution in [0.25, 0.3) is 23.1 Å². The van der Waals surface area contributed by atoms with Gasteiger partial charge in [0.25, 0.3) is 11.8 Å². The van der Waals surface area contributed by atoms with Gasteiger partial charge in [-0.05, 0) is 48.5 Å². The van der Waals surface area contributed by atoms with Crippen molar-refractivity contribution in [3.05, 3.63) is 66.2 Å². The minimum atomic E-state index is -4.96. The van der Waals surface area contributed by atoms with Gasteiger partial charge in [0.15, 0.2) is 5.76 Å². The molecular weight excluding hydrogens is 450 g/mol. The summed E-state index contributed by atoms with van der Waals surface area (Å²) in [5, 5.41) is 10.0. The number of halogens is 4. The Morgan fingerprint density at radius 2 is 1.85 bits per heavy atom. The lowest BCUT2D eigenvalue weighted by Crippen LogP contribution is -2.18. The summed E-state index contributed by atoms with van der Waals surface area (Å²) in [4.78, 5) is 12.7. The predicted molar refractivity (Wildman–Crippen MR) is 105 cm³/mol. The standard InChI is InChI=1S/C21H13F4N3O5/c1-30-16-7-5-12(33-21(23,24)25)10-13(16)18(29)26-15-9-11(4-6-14(15)22)19-27-28-20(32-19)17-3-2-8-31-17/h2-10H,1H3,(H,26,29). The first-order valence-electron chi connectivity index (χ1n) is 9.16. The molecule has 0 spiro atoms. The number of anilines is 1.